The van der Waals surface area contributed by atoms with Crippen molar-refractivity contribution in [1.82, 2.24) is 14.0 Å². The van der Waals surface area contributed by atoms with Crippen molar-refractivity contribution in [2.24, 2.45) is 5.41 Å². The molecule has 0 spiro atoms. The third-order valence-corrected chi connectivity index (χ3v) is 7.83. The number of rotatable bonds is 8. The number of methoxy groups -OCH3 is 4. The number of alkyl halides is 2. The van der Waals surface area contributed by atoms with E-state index in [1.165, 1.54) is 39.1 Å². The first kappa shape index (κ1) is 29.9. The lowest BCUT2D eigenvalue weighted by Gasteiger charge is -2.36. The van der Waals surface area contributed by atoms with Crippen LogP contribution in [0.1, 0.15) is 53.9 Å². The van der Waals surface area contributed by atoms with Gasteiger partial charge in [-0.05, 0) is 41.5 Å². The summed E-state index contributed by atoms with van der Waals surface area (Å²) < 4.78 is 56.3. The van der Waals surface area contributed by atoms with E-state index < -0.39 is 18.1 Å². The van der Waals surface area contributed by atoms with Crippen molar-refractivity contribution in [1.29, 1.82) is 0 Å². The Morgan fingerprint density at radius 1 is 1.05 bits per heavy atom. The summed E-state index contributed by atoms with van der Waals surface area (Å²) in [7, 11) is 5.62. The third-order valence-electron chi connectivity index (χ3n) is 7.83. The Morgan fingerprint density at radius 2 is 1.77 bits per heavy atom. The van der Waals surface area contributed by atoms with Crippen molar-refractivity contribution in [2.75, 3.05) is 28.4 Å². The number of nitrogens with zero attached hydrogens (tertiary/aromatic N) is 3. The molecule has 1 aliphatic rings. The van der Waals surface area contributed by atoms with Crippen molar-refractivity contribution < 1.29 is 37.3 Å². The number of pyridine rings is 2. The van der Waals surface area contributed by atoms with Crippen molar-refractivity contribution in [2.45, 2.75) is 46.3 Å². The van der Waals surface area contributed by atoms with Gasteiger partial charge in [0.05, 0.1) is 46.4 Å². The van der Waals surface area contributed by atoms with E-state index in [1.807, 2.05) is 0 Å². The van der Waals surface area contributed by atoms with Gasteiger partial charge in [-0.2, -0.15) is 8.78 Å². The van der Waals surface area contributed by atoms with Gasteiger partial charge in [0.25, 0.3) is 5.56 Å². The van der Waals surface area contributed by atoms with Crippen LogP contribution in [-0.4, -0.2) is 55.0 Å². The lowest BCUT2D eigenvalue weighted by atomic mass is 9.70. The van der Waals surface area contributed by atoms with Crippen LogP contribution >= 0.6 is 0 Å². The highest BCUT2D eigenvalue weighted by molar-refractivity contribution is 5.90. The predicted octanol–water partition coefficient (Wildman–Crippen LogP) is 5.31. The number of hydrogen-bond donors (Lipinski definition) is 0. The van der Waals surface area contributed by atoms with E-state index in [4.69, 9.17) is 28.7 Å². The fraction of sp³-hybridized carbons (Fsp3) is 0.387. The normalized spacial score (nSPS) is 14.3. The summed E-state index contributed by atoms with van der Waals surface area (Å²) in [4.78, 5) is 31.8. The van der Waals surface area contributed by atoms with E-state index in [0.717, 1.165) is 0 Å². The number of carbonyl (C=O) groups excluding carboxylic acids is 1. The summed E-state index contributed by atoms with van der Waals surface area (Å²) in [6, 6.07) is 8.32. The molecule has 0 N–H and O–H groups in total. The molecule has 0 bridgehead atoms. The highest BCUT2D eigenvalue weighted by atomic mass is 19.3. The standard InChI is InChI=1S/C31H33F2N3O7/c1-31(2,3)20-14-21-24(34-27-26(43-30(32)33)22(40-5)10-11-35(21)27)25-18(20)13-19(29(38)42-7)28(37)36(25)15-16-8-9-17(39-4)12-23(16)41-6/h8-13,20,30H,14-15H2,1-7H3. The predicted molar refractivity (Wildman–Crippen MR) is 154 cm³/mol. The maximum Gasteiger partial charge on any atom is 0.387 e. The maximum absolute atomic E-state index is 14.1. The third kappa shape index (κ3) is 5.15. The summed E-state index contributed by atoms with van der Waals surface area (Å²) >= 11 is 0. The van der Waals surface area contributed by atoms with Crippen LogP contribution in [0.4, 0.5) is 8.78 Å². The Balaban J connectivity index is 1.88. The van der Waals surface area contributed by atoms with E-state index in [2.05, 4.69) is 20.8 Å². The Bertz CT molecular complexity index is 1770. The van der Waals surface area contributed by atoms with Crippen molar-refractivity contribution in [3.8, 4) is 34.4 Å². The van der Waals surface area contributed by atoms with Gasteiger partial charge >= 0.3 is 12.6 Å². The number of imidazole rings is 1. The molecule has 3 aromatic heterocycles. The van der Waals surface area contributed by atoms with Crippen LogP contribution in [-0.2, 0) is 17.7 Å². The Labute approximate surface area is 246 Å². The molecule has 0 saturated heterocycles. The minimum atomic E-state index is -3.12. The van der Waals surface area contributed by atoms with Crippen LogP contribution in [0.2, 0.25) is 0 Å². The molecule has 5 rings (SSSR count). The molecule has 0 fully saturated rings. The molecule has 0 amide bonds. The quantitative estimate of drug-likeness (QED) is 0.252. The summed E-state index contributed by atoms with van der Waals surface area (Å²) in [6.07, 6.45) is 2.12. The Morgan fingerprint density at radius 3 is 2.37 bits per heavy atom. The molecule has 1 aromatic carbocycles. The van der Waals surface area contributed by atoms with Crippen molar-refractivity contribution in [3.05, 3.63) is 69.3 Å². The van der Waals surface area contributed by atoms with Crippen molar-refractivity contribution >= 4 is 11.6 Å². The summed E-state index contributed by atoms with van der Waals surface area (Å²) in [5.74, 6) is -0.0729. The van der Waals surface area contributed by atoms with Crippen LogP contribution in [0.5, 0.6) is 23.0 Å². The molecule has 10 nitrogen and oxygen atoms in total. The molecule has 1 aliphatic carbocycles. The van der Waals surface area contributed by atoms with E-state index in [-0.39, 0.29) is 40.6 Å². The molecule has 1 atom stereocenters. The Hall–Kier alpha value is -4.61. The van der Waals surface area contributed by atoms with Gasteiger partial charge in [-0.25, -0.2) is 9.78 Å². The average molecular weight is 598 g/mol. The zero-order valence-corrected chi connectivity index (χ0v) is 25.0. The number of carbonyl (C=O) groups is 1. The molecule has 0 saturated carbocycles. The van der Waals surface area contributed by atoms with E-state index in [1.54, 1.807) is 34.9 Å². The van der Waals surface area contributed by atoms with Gasteiger partial charge in [0.2, 0.25) is 5.75 Å². The second-order valence-corrected chi connectivity index (χ2v) is 11.2. The molecule has 3 heterocycles. The molecule has 0 radical (unpaired) electrons. The fourth-order valence-electron chi connectivity index (χ4n) is 5.71. The molecule has 12 heteroatoms. The largest absolute Gasteiger partial charge is 0.497 e. The van der Waals surface area contributed by atoms with Gasteiger partial charge in [0.15, 0.2) is 11.4 Å². The van der Waals surface area contributed by atoms with Gasteiger partial charge in [-0.15, -0.1) is 0 Å². The lowest BCUT2D eigenvalue weighted by molar-refractivity contribution is -0.0505. The molecule has 228 valence electrons. The van der Waals surface area contributed by atoms with Gasteiger partial charge in [0, 0.05) is 23.9 Å². The second kappa shape index (κ2) is 11.2. The van der Waals surface area contributed by atoms with Crippen LogP contribution in [0.3, 0.4) is 0 Å². The minimum absolute atomic E-state index is 0.00700. The number of aromatic nitrogens is 3. The molecular formula is C31H33F2N3O7. The first-order valence-corrected chi connectivity index (χ1v) is 13.5. The summed E-state index contributed by atoms with van der Waals surface area (Å²) in [6.45, 7) is 3.07. The molecule has 0 aliphatic heterocycles. The van der Waals surface area contributed by atoms with Crippen LogP contribution < -0.4 is 24.5 Å². The van der Waals surface area contributed by atoms with Gasteiger partial charge in [-0.1, -0.05) is 20.8 Å². The van der Waals surface area contributed by atoms with Crippen molar-refractivity contribution in [3.63, 3.8) is 0 Å². The number of hydrogen-bond acceptors (Lipinski definition) is 8. The molecule has 4 aromatic rings. The van der Waals surface area contributed by atoms with Crippen LogP contribution in [0, 0.1) is 5.41 Å². The average Bonchev–Trinajstić information content (AvgIpc) is 3.35. The van der Waals surface area contributed by atoms with Gasteiger partial charge in [0.1, 0.15) is 22.8 Å². The first-order valence-electron chi connectivity index (χ1n) is 13.5. The van der Waals surface area contributed by atoms with Crippen LogP contribution in [0.25, 0.3) is 17.0 Å². The number of benzene rings is 1. The topological polar surface area (TPSA) is 103 Å². The monoisotopic (exact) mass is 597 g/mol. The van der Waals surface area contributed by atoms with E-state index in [0.29, 0.717) is 46.1 Å². The number of fused-ring (bicyclic) bond motifs is 5. The second-order valence-electron chi connectivity index (χ2n) is 11.2. The fourth-order valence-corrected chi connectivity index (χ4v) is 5.71. The highest BCUT2D eigenvalue weighted by Gasteiger charge is 2.39. The number of halogens is 2. The zero-order valence-electron chi connectivity index (χ0n) is 25.0. The maximum atomic E-state index is 14.1. The Kier molecular flexibility index (Phi) is 7.80. The smallest absolute Gasteiger partial charge is 0.387 e. The molecular weight excluding hydrogens is 564 g/mol. The van der Waals surface area contributed by atoms with Crippen LogP contribution in [0.15, 0.2) is 41.3 Å². The number of esters is 1. The first-order chi connectivity index (χ1) is 20.4. The molecule has 43 heavy (non-hydrogen) atoms. The van der Waals surface area contributed by atoms with E-state index in [9.17, 15) is 18.4 Å². The summed E-state index contributed by atoms with van der Waals surface area (Å²) in [5, 5.41) is 0. The van der Waals surface area contributed by atoms with Gasteiger partial charge < -0.3 is 28.3 Å². The SMILES string of the molecule is COC(=O)c1cc2c(n(Cc3ccc(OC)cc3OC)c1=O)-c1nc3c(OC(F)F)c(OC)ccn3c1CC2C(C)(C)C. The lowest BCUT2D eigenvalue weighted by Crippen LogP contribution is -2.34. The summed E-state index contributed by atoms with van der Waals surface area (Å²) in [5.41, 5.74) is 1.96. The van der Waals surface area contributed by atoms with E-state index >= 15 is 0 Å². The zero-order chi connectivity index (χ0) is 31.2. The minimum Gasteiger partial charge on any atom is -0.497 e. The van der Waals surface area contributed by atoms with Gasteiger partial charge in [-0.3, -0.25) is 9.20 Å². The molecule has 1 unspecified atom stereocenters. The highest BCUT2D eigenvalue weighted by Crippen LogP contribution is 2.48. The number of ether oxygens (including phenoxy) is 5.